The molecule has 1 heterocycles. The fourth-order valence-electron chi connectivity index (χ4n) is 1.90. The van der Waals surface area contributed by atoms with Crippen molar-refractivity contribution in [3.05, 3.63) is 62.9 Å². The van der Waals surface area contributed by atoms with Crippen LogP contribution in [0.5, 0.6) is 0 Å². The molecule has 0 saturated heterocycles. The molecule has 0 unspecified atom stereocenters. The molecular weight excluding hydrogens is 429 g/mol. The van der Waals surface area contributed by atoms with Gasteiger partial charge in [-0.1, -0.05) is 40.2 Å². The monoisotopic (exact) mass is 437 g/mol. The molecule has 0 N–H and O–H groups in total. The van der Waals surface area contributed by atoms with Crippen LogP contribution in [0.1, 0.15) is 0 Å². The Morgan fingerprint density at radius 2 is 1.40 bits per heavy atom. The van der Waals surface area contributed by atoms with E-state index in [9.17, 15) is 0 Å². The Hall–Kier alpha value is -1.34. The van der Waals surface area contributed by atoms with E-state index in [0.29, 0.717) is 0 Å². The smallest absolute Gasteiger partial charge is 0.138 e. The third-order valence-corrected chi connectivity index (χ3v) is 4.10. The molecule has 3 nitrogen and oxygen atoms in total. The fraction of sp³-hybridized carbons (Fsp3) is 0. The van der Waals surface area contributed by atoms with E-state index in [4.69, 9.17) is 0 Å². The summed E-state index contributed by atoms with van der Waals surface area (Å²) in [6, 6.07) is 16.2. The molecule has 2 aromatic carbocycles. The van der Waals surface area contributed by atoms with E-state index in [0.717, 1.165) is 27.0 Å². The predicted molar refractivity (Wildman–Crippen MR) is 91.1 cm³/mol. The van der Waals surface area contributed by atoms with Crippen molar-refractivity contribution >= 4 is 38.5 Å². The van der Waals surface area contributed by atoms with E-state index in [2.05, 4.69) is 65.8 Å². The van der Waals surface area contributed by atoms with E-state index in [1.165, 1.54) is 9.90 Å². The number of hydrogen-bond acceptors (Lipinski definition) is 3. The number of halogens is 2. The van der Waals surface area contributed by atoms with Gasteiger partial charge in [-0.15, -0.1) is 10.2 Å². The molecule has 0 amide bonds. The summed E-state index contributed by atoms with van der Waals surface area (Å²) in [6.07, 6.45) is 1.48. The van der Waals surface area contributed by atoms with E-state index in [1.807, 2.05) is 36.4 Å². The summed E-state index contributed by atoms with van der Waals surface area (Å²) < 4.78 is 2.23. The van der Waals surface area contributed by atoms with Crippen LogP contribution >= 0.6 is 38.5 Å². The summed E-state index contributed by atoms with van der Waals surface area (Å²) in [5.74, 6) is 0. The number of aromatic nitrogens is 3. The summed E-state index contributed by atoms with van der Waals surface area (Å²) in [5, 5.41) is 8.16. The van der Waals surface area contributed by atoms with Crippen LogP contribution in [0.3, 0.4) is 0 Å². The van der Waals surface area contributed by atoms with E-state index >= 15 is 0 Å². The quantitative estimate of drug-likeness (QED) is 0.551. The highest BCUT2D eigenvalue weighted by molar-refractivity contribution is 14.1. The Labute approximate surface area is 138 Å². The van der Waals surface area contributed by atoms with Crippen molar-refractivity contribution in [3.8, 4) is 22.5 Å². The molecule has 0 bridgehead atoms. The standard InChI is InChI=1S/C15H9BrIN3/c16-12-5-1-11(2-6-12)15-14(18-9-19-20-15)10-3-7-13(17)8-4-10/h1-9H. The van der Waals surface area contributed by atoms with E-state index < -0.39 is 0 Å². The van der Waals surface area contributed by atoms with Gasteiger partial charge in [-0.3, -0.25) is 0 Å². The SMILES string of the molecule is Brc1ccc(-c2nncnc2-c2ccc(I)cc2)cc1. The fourth-order valence-corrected chi connectivity index (χ4v) is 2.52. The first-order valence-corrected chi connectivity index (χ1v) is 7.81. The van der Waals surface area contributed by atoms with Gasteiger partial charge < -0.3 is 0 Å². The Bertz CT molecular complexity index is 662. The van der Waals surface area contributed by atoms with Crippen LogP contribution in [0.25, 0.3) is 22.5 Å². The number of rotatable bonds is 2. The third-order valence-electron chi connectivity index (χ3n) is 2.86. The normalized spacial score (nSPS) is 10.5. The molecule has 0 aliphatic carbocycles. The van der Waals surface area contributed by atoms with Gasteiger partial charge >= 0.3 is 0 Å². The van der Waals surface area contributed by atoms with Gasteiger partial charge in [-0.05, 0) is 46.9 Å². The molecule has 0 aliphatic heterocycles. The Morgan fingerprint density at radius 1 is 0.800 bits per heavy atom. The highest BCUT2D eigenvalue weighted by atomic mass is 127. The molecule has 0 atom stereocenters. The minimum atomic E-state index is 0.793. The van der Waals surface area contributed by atoms with Gasteiger partial charge in [-0.2, -0.15) is 0 Å². The maximum absolute atomic E-state index is 4.39. The van der Waals surface area contributed by atoms with Gasteiger partial charge in [0, 0.05) is 19.2 Å². The molecule has 5 heteroatoms. The van der Waals surface area contributed by atoms with Gasteiger partial charge in [0.1, 0.15) is 17.7 Å². The van der Waals surface area contributed by atoms with Crippen LogP contribution in [-0.4, -0.2) is 15.2 Å². The lowest BCUT2D eigenvalue weighted by atomic mass is 10.0. The second-order valence-electron chi connectivity index (χ2n) is 4.17. The van der Waals surface area contributed by atoms with Crippen molar-refractivity contribution in [3.63, 3.8) is 0 Å². The first kappa shape index (κ1) is 13.6. The lowest BCUT2D eigenvalue weighted by Gasteiger charge is -2.07. The van der Waals surface area contributed by atoms with Crippen molar-refractivity contribution in [1.29, 1.82) is 0 Å². The lowest BCUT2D eigenvalue weighted by Crippen LogP contribution is -1.95. The second kappa shape index (κ2) is 5.97. The van der Waals surface area contributed by atoms with Crippen molar-refractivity contribution in [1.82, 2.24) is 15.2 Å². The molecule has 0 radical (unpaired) electrons. The minimum Gasteiger partial charge on any atom is -0.232 e. The summed E-state index contributed by atoms with van der Waals surface area (Å²) in [7, 11) is 0. The molecule has 20 heavy (non-hydrogen) atoms. The van der Waals surface area contributed by atoms with Gasteiger partial charge in [-0.25, -0.2) is 4.98 Å². The minimum absolute atomic E-state index is 0.793. The molecule has 0 aliphatic rings. The van der Waals surface area contributed by atoms with Gasteiger partial charge in [0.05, 0.1) is 0 Å². The van der Waals surface area contributed by atoms with Crippen LogP contribution in [-0.2, 0) is 0 Å². The summed E-state index contributed by atoms with van der Waals surface area (Å²) in [5.41, 5.74) is 3.68. The van der Waals surface area contributed by atoms with Gasteiger partial charge in [0.15, 0.2) is 0 Å². The molecule has 98 valence electrons. The molecule has 3 aromatic rings. The highest BCUT2D eigenvalue weighted by Crippen LogP contribution is 2.28. The third kappa shape index (κ3) is 2.88. The largest absolute Gasteiger partial charge is 0.232 e. The molecule has 0 spiro atoms. The number of hydrogen-bond donors (Lipinski definition) is 0. The van der Waals surface area contributed by atoms with Crippen LogP contribution in [0, 0.1) is 3.57 Å². The maximum Gasteiger partial charge on any atom is 0.138 e. The maximum atomic E-state index is 4.39. The predicted octanol–water partition coefficient (Wildman–Crippen LogP) is 4.57. The Morgan fingerprint density at radius 3 is 2.10 bits per heavy atom. The van der Waals surface area contributed by atoms with Crippen molar-refractivity contribution in [2.45, 2.75) is 0 Å². The molecule has 0 fully saturated rings. The Kier molecular flexibility index (Phi) is 4.07. The zero-order chi connectivity index (χ0) is 13.9. The van der Waals surface area contributed by atoms with Crippen molar-refractivity contribution in [2.75, 3.05) is 0 Å². The summed E-state index contributed by atoms with van der Waals surface area (Å²) in [6.45, 7) is 0. The Balaban J connectivity index is 2.13. The van der Waals surface area contributed by atoms with Crippen LogP contribution in [0.4, 0.5) is 0 Å². The molecule has 1 aromatic heterocycles. The van der Waals surface area contributed by atoms with Gasteiger partial charge in [0.2, 0.25) is 0 Å². The average molecular weight is 438 g/mol. The van der Waals surface area contributed by atoms with Crippen LogP contribution < -0.4 is 0 Å². The topological polar surface area (TPSA) is 38.7 Å². The average Bonchev–Trinajstić information content (AvgIpc) is 2.49. The first-order chi connectivity index (χ1) is 9.74. The van der Waals surface area contributed by atoms with Gasteiger partial charge in [0.25, 0.3) is 0 Å². The van der Waals surface area contributed by atoms with Crippen LogP contribution in [0.2, 0.25) is 0 Å². The number of benzene rings is 2. The summed E-state index contributed by atoms with van der Waals surface area (Å²) >= 11 is 5.72. The molecule has 3 rings (SSSR count). The first-order valence-electron chi connectivity index (χ1n) is 5.93. The second-order valence-corrected chi connectivity index (χ2v) is 6.33. The number of nitrogens with zero attached hydrogens (tertiary/aromatic N) is 3. The molecule has 0 saturated carbocycles. The lowest BCUT2D eigenvalue weighted by molar-refractivity contribution is 0.981. The van der Waals surface area contributed by atoms with Crippen molar-refractivity contribution < 1.29 is 0 Å². The zero-order valence-electron chi connectivity index (χ0n) is 10.3. The van der Waals surface area contributed by atoms with Crippen molar-refractivity contribution in [2.24, 2.45) is 0 Å². The van der Waals surface area contributed by atoms with E-state index in [-0.39, 0.29) is 0 Å². The highest BCUT2D eigenvalue weighted by Gasteiger charge is 2.10. The summed E-state index contributed by atoms with van der Waals surface area (Å²) in [4.78, 5) is 4.39. The van der Waals surface area contributed by atoms with Crippen LogP contribution in [0.15, 0.2) is 59.3 Å². The molecular formula is C15H9BrIN3. The zero-order valence-corrected chi connectivity index (χ0v) is 14.0. The van der Waals surface area contributed by atoms with E-state index in [1.54, 1.807) is 0 Å².